The van der Waals surface area contributed by atoms with Gasteiger partial charge in [-0.3, -0.25) is 0 Å². The predicted molar refractivity (Wildman–Crippen MR) is 64.6 cm³/mol. The first-order valence-corrected chi connectivity index (χ1v) is 5.84. The Morgan fingerprint density at radius 3 is 2.80 bits per heavy atom. The molecule has 0 saturated heterocycles. The van der Waals surface area contributed by atoms with E-state index in [-0.39, 0.29) is 5.54 Å². The molecule has 3 N–H and O–H groups in total. The zero-order valence-electron chi connectivity index (χ0n) is 8.92. The fraction of sp³-hybridized carbons (Fsp3) is 0.600. The Labute approximate surface area is 97.8 Å². The van der Waals surface area contributed by atoms with E-state index in [4.69, 9.17) is 5.73 Å². The maximum atomic E-state index is 5.56. The summed E-state index contributed by atoms with van der Waals surface area (Å²) in [7, 11) is 0. The fourth-order valence-electron chi connectivity index (χ4n) is 1.68. The molecule has 0 atom stereocenters. The molecule has 0 radical (unpaired) electrons. The van der Waals surface area contributed by atoms with Crippen LogP contribution in [0.5, 0.6) is 0 Å². The third-order valence-electron chi connectivity index (χ3n) is 2.80. The summed E-state index contributed by atoms with van der Waals surface area (Å²) in [6.45, 7) is 4.38. The monoisotopic (exact) mass is 270 g/mol. The van der Waals surface area contributed by atoms with E-state index in [2.05, 4.69) is 45.1 Å². The Kier molecular flexibility index (Phi) is 2.58. The van der Waals surface area contributed by atoms with Gasteiger partial charge in [0.05, 0.1) is 4.47 Å². The number of nitrogens with zero attached hydrogens (tertiary/aromatic N) is 2. The van der Waals surface area contributed by atoms with Gasteiger partial charge in [-0.15, -0.1) is 0 Å². The summed E-state index contributed by atoms with van der Waals surface area (Å²) in [4.78, 5) is 8.09. The summed E-state index contributed by atoms with van der Waals surface area (Å²) in [6.07, 6.45) is 4.25. The van der Waals surface area contributed by atoms with Gasteiger partial charge in [0.25, 0.3) is 0 Å². The number of nitrogens with two attached hydrogens (primary N) is 1. The molecule has 1 heterocycles. The number of anilines is 2. The summed E-state index contributed by atoms with van der Waals surface area (Å²) >= 11 is 3.41. The maximum absolute atomic E-state index is 5.56. The van der Waals surface area contributed by atoms with Crippen LogP contribution < -0.4 is 11.1 Å². The molecule has 0 bridgehead atoms. The Balaban J connectivity index is 2.19. The lowest BCUT2D eigenvalue weighted by molar-refractivity contribution is 0.492. The number of rotatable bonds is 3. The lowest BCUT2D eigenvalue weighted by Gasteiger charge is -2.27. The van der Waals surface area contributed by atoms with Gasteiger partial charge in [0.1, 0.15) is 5.82 Å². The van der Waals surface area contributed by atoms with Crippen LogP contribution in [0.25, 0.3) is 0 Å². The van der Waals surface area contributed by atoms with E-state index in [1.807, 2.05) is 0 Å². The second-order valence-corrected chi connectivity index (χ2v) is 5.40. The summed E-state index contributed by atoms with van der Waals surface area (Å²) in [6, 6.07) is 0. The smallest absolute Gasteiger partial charge is 0.221 e. The first kappa shape index (κ1) is 10.7. The van der Waals surface area contributed by atoms with Gasteiger partial charge in [0, 0.05) is 11.7 Å². The lowest BCUT2D eigenvalue weighted by Crippen LogP contribution is -2.34. The van der Waals surface area contributed by atoms with Crippen LogP contribution in [0.15, 0.2) is 10.7 Å². The largest absolute Gasteiger partial charge is 0.368 e. The quantitative estimate of drug-likeness (QED) is 0.886. The highest BCUT2D eigenvalue weighted by Crippen LogP contribution is 2.41. The van der Waals surface area contributed by atoms with Gasteiger partial charge in [-0.1, -0.05) is 0 Å². The molecule has 5 heteroatoms. The van der Waals surface area contributed by atoms with Gasteiger partial charge in [-0.05, 0) is 48.5 Å². The molecule has 1 fully saturated rings. The van der Waals surface area contributed by atoms with Crippen LogP contribution in [-0.4, -0.2) is 15.5 Å². The van der Waals surface area contributed by atoms with Crippen LogP contribution in [0.2, 0.25) is 0 Å². The third-order valence-corrected chi connectivity index (χ3v) is 3.38. The molecule has 1 saturated carbocycles. The first-order chi connectivity index (χ1) is 6.99. The van der Waals surface area contributed by atoms with Crippen molar-refractivity contribution in [3.05, 3.63) is 10.7 Å². The van der Waals surface area contributed by atoms with E-state index in [0.29, 0.717) is 5.95 Å². The number of aromatic nitrogens is 2. The van der Waals surface area contributed by atoms with Crippen LogP contribution in [-0.2, 0) is 0 Å². The van der Waals surface area contributed by atoms with Crippen LogP contribution in [0.1, 0.15) is 26.7 Å². The van der Waals surface area contributed by atoms with Gasteiger partial charge >= 0.3 is 0 Å². The normalized spacial score (nSPS) is 16.5. The zero-order valence-corrected chi connectivity index (χ0v) is 10.5. The van der Waals surface area contributed by atoms with E-state index in [9.17, 15) is 0 Å². The molecule has 15 heavy (non-hydrogen) atoms. The van der Waals surface area contributed by atoms with Gasteiger partial charge < -0.3 is 11.1 Å². The molecule has 0 amide bonds. The van der Waals surface area contributed by atoms with E-state index in [0.717, 1.165) is 16.2 Å². The number of hydrogen-bond acceptors (Lipinski definition) is 4. The van der Waals surface area contributed by atoms with E-state index >= 15 is 0 Å². The van der Waals surface area contributed by atoms with Crippen molar-refractivity contribution in [3.63, 3.8) is 0 Å². The second kappa shape index (κ2) is 3.63. The summed E-state index contributed by atoms with van der Waals surface area (Å²) in [5, 5.41) is 3.41. The number of hydrogen-bond donors (Lipinski definition) is 2. The molecule has 0 spiro atoms. The molecule has 4 nitrogen and oxygen atoms in total. The van der Waals surface area contributed by atoms with Gasteiger partial charge in [0.15, 0.2) is 0 Å². The zero-order chi connectivity index (χ0) is 11.1. The third kappa shape index (κ3) is 2.40. The van der Waals surface area contributed by atoms with Gasteiger partial charge in [-0.2, -0.15) is 4.98 Å². The Hall–Kier alpha value is -0.840. The minimum Gasteiger partial charge on any atom is -0.368 e. The minimum atomic E-state index is 0.0727. The highest BCUT2D eigenvalue weighted by Gasteiger charge is 2.38. The Bertz CT molecular complexity index is 374. The summed E-state index contributed by atoms with van der Waals surface area (Å²) in [5.74, 6) is 1.81. The van der Waals surface area contributed by atoms with Crippen molar-refractivity contribution in [1.29, 1.82) is 0 Å². The van der Waals surface area contributed by atoms with Crippen molar-refractivity contribution >= 4 is 27.7 Å². The molecule has 1 aliphatic carbocycles. The average Bonchev–Trinajstić information content (AvgIpc) is 2.93. The Morgan fingerprint density at radius 1 is 1.53 bits per heavy atom. The van der Waals surface area contributed by atoms with E-state index < -0.39 is 0 Å². The second-order valence-electron chi connectivity index (χ2n) is 4.55. The standard InChI is InChI=1S/C10H15BrN4/c1-10(2,6-3-4-6)15-8-7(11)5-13-9(12)14-8/h5-6H,3-4H2,1-2H3,(H3,12,13,14,15). The predicted octanol–water partition coefficient (Wildman–Crippen LogP) is 2.42. The molecule has 82 valence electrons. The molecular formula is C10H15BrN4. The average molecular weight is 271 g/mol. The van der Waals surface area contributed by atoms with Crippen LogP contribution in [0.3, 0.4) is 0 Å². The van der Waals surface area contributed by atoms with Gasteiger partial charge in [-0.25, -0.2) is 4.98 Å². The van der Waals surface area contributed by atoms with Crippen molar-refractivity contribution in [1.82, 2.24) is 9.97 Å². The van der Waals surface area contributed by atoms with Crippen molar-refractivity contribution in [2.45, 2.75) is 32.2 Å². The number of halogens is 1. The fourth-order valence-corrected chi connectivity index (χ4v) is 1.97. The van der Waals surface area contributed by atoms with Crippen molar-refractivity contribution < 1.29 is 0 Å². The molecule has 0 aliphatic heterocycles. The topological polar surface area (TPSA) is 63.8 Å². The van der Waals surface area contributed by atoms with Crippen molar-refractivity contribution in [2.75, 3.05) is 11.1 Å². The van der Waals surface area contributed by atoms with E-state index in [1.54, 1.807) is 6.20 Å². The highest BCUT2D eigenvalue weighted by molar-refractivity contribution is 9.10. The Morgan fingerprint density at radius 2 is 2.20 bits per heavy atom. The molecule has 1 aromatic heterocycles. The summed E-state index contributed by atoms with van der Waals surface area (Å²) < 4.78 is 0.852. The van der Waals surface area contributed by atoms with Gasteiger partial charge in [0.2, 0.25) is 5.95 Å². The molecule has 0 aromatic carbocycles. The molecule has 0 unspecified atom stereocenters. The molecule has 1 aliphatic rings. The van der Waals surface area contributed by atoms with E-state index in [1.165, 1.54) is 12.8 Å². The number of nitrogens with one attached hydrogen (secondary N) is 1. The highest BCUT2D eigenvalue weighted by atomic mass is 79.9. The number of nitrogen functional groups attached to an aromatic ring is 1. The molecule has 2 rings (SSSR count). The minimum absolute atomic E-state index is 0.0727. The maximum Gasteiger partial charge on any atom is 0.221 e. The summed E-state index contributed by atoms with van der Waals surface area (Å²) in [5.41, 5.74) is 5.63. The SMILES string of the molecule is CC(C)(Nc1nc(N)ncc1Br)C1CC1. The lowest BCUT2D eigenvalue weighted by atomic mass is 9.99. The van der Waals surface area contributed by atoms with Crippen molar-refractivity contribution in [2.24, 2.45) is 5.92 Å². The van der Waals surface area contributed by atoms with Crippen molar-refractivity contribution in [3.8, 4) is 0 Å². The van der Waals surface area contributed by atoms with Crippen LogP contribution in [0.4, 0.5) is 11.8 Å². The molecule has 1 aromatic rings. The first-order valence-electron chi connectivity index (χ1n) is 5.05. The van der Waals surface area contributed by atoms with Crippen LogP contribution >= 0.6 is 15.9 Å². The van der Waals surface area contributed by atoms with Crippen LogP contribution in [0, 0.1) is 5.92 Å². The molecular weight excluding hydrogens is 256 g/mol.